The number of rotatable bonds is 6. The number of hydrogen-bond acceptors (Lipinski definition) is 6. The molecule has 5 aromatic rings. The highest BCUT2D eigenvalue weighted by molar-refractivity contribution is 9.10. The average Bonchev–Trinajstić information content (AvgIpc) is 3.27. The smallest absolute Gasteiger partial charge is 0.344 e. The molecule has 8 nitrogen and oxygen atoms in total. The Morgan fingerprint density at radius 2 is 2.00 bits per heavy atom. The molecule has 180 valence electrons. The van der Waals surface area contributed by atoms with Crippen molar-refractivity contribution in [1.29, 1.82) is 0 Å². The molecule has 3 aromatic carbocycles. The highest BCUT2D eigenvalue weighted by atomic mass is 79.9. The van der Waals surface area contributed by atoms with E-state index in [1.165, 1.54) is 13.1 Å². The number of hydrogen-bond donors (Lipinski definition) is 1. The van der Waals surface area contributed by atoms with Gasteiger partial charge in [-0.1, -0.05) is 39.7 Å². The molecule has 2 heterocycles. The molecule has 0 radical (unpaired) electrons. The minimum Gasteiger partial charge on any atom is -0.479 e. The van der Waals surface area contributed by atoms with Gasteiger partial charge in [-0.25, -0.2) is 9.78 Å². The van der Waals surface area contributed by atoms with Crippen molar-refractivity contribution in [3.63, 3.8) is 0 Å². The van der Waals surface area contributed by atoms with Crippen LogP contribution in [-0.2, 0) is 4.79 Å². The van der Waals surface area contributed by atoms with Crippen molar-refractivity contribution < 1.29 is 19.1 Å². The summed E-state index contributed by atoms with van der Waals surface area (Å²) in [4.78, 5) is 29.4. The van der Waals surface area contributed by atoms with Crippen LogP contribution < -0.4 is 10.3 Å². The molecule has 0 aliphatic carbocycles. The maximum absolute atomic E-state index is 13.5. The minimum atomic E-state index is -1.12. The van der Waals surface area contributed by atoms with Gasteiger partial charge >= 0.3 is 5.97 Å². The number of furan rings is 1. The van der Waals surface area contributed by atoms with E-state index in [0.29, 0.717) is 32.8 Å². The van der Waals surface area contributed by atoms with Crippen LogP contribution in [0.25, 0.3) is 33.5 Å². The highest BCUT2D eigenvalue weighted by Gasteiger charge is 2.18. The number of carbonyl (C=O) groups is 1. The van der Waals surface area contributed by atoms with Crippen LogP contribution in [0.5, 0.6) is 5.75 Å². The van der Waals surface area contributed by atoms with Crippen LogP contribution >= 0.6 is 27.5 Å². The van der Waals surface area contributed by atoms with Gasteiger partial charge in [0.05, 0.1) is 17.1 Å². The molecule has 0 amide bonds. The number of carboxylic acid groups (broad SMARTS) is 1. The molecule has 0 fully saturated rings. The second-order valence-corrected chi connectivity index (χ2v) is 9.24. The Morgan fingerprint density at radius 1 is 1.19 bits per heavy atom. The van der Waals surface area contributed by atoms with Crippen LogP contribution in [0.3, 0.4) is 0 Å². The second-order valence-electron chi connectivity index (χ2n) is 7.89. The summed E-state index contributed by atoms with van der Waals surface area (Å²) in [6.07, 6.45) is 0.268. The fraction of sp³-hybridized carbons (Fsp3) is 0.0769. The van der Waals surface area contributed by atoms with E-state index < -0.39 is 17.6 Å². The van der Waals surface area contributed by atoms with E-state index in [0.717, 1.165) is 14.5 Å². The quantitative estimate of drug-likeness (QED) is 0.254. The van der Waals surface area contributed by atoms with Crippen LogP contribution in [0.1, 0.15) is 12.5 Å². The van der Waals surface area contributed by atoms with E-state index in [9.17, 15) is 14.7 Å². The second kappa shape index (κ2) is 9.60. The summed E-state index contributed by atoms with van der Waals surface area (Å²) in [5.74, 6) is -0.326. The van der Waals surface area contributed by atoms with Crippen LogP contribution in [0.2, 0.25) is 5.02 Å². The molecule has 36 heavy (non-hydrogen) atoms. The summed E-state index contributed by atoms with van der Waals surface area (Å²) in [6.45, 7) is 1.41. The third kappa shape index (κ3) is 4.62. The third-order valence-electron chi connectivity index (χ3n) is 5.39. The molecular weight excluding hydrogens is 550 g/mol. The SMILES string of the molecule is C[C@@H](Oc1ccc(Cl)cc1C=Nn1c(-c2cc3cc(Br)ccc3o2)nc2ccccc2c1=O)C(=O)O. The summed E-state index contributed by atoms with van der Waals surface area (Å²) < 4.78 is 13.6. The molecule has 0 aliphatic rings. The van der Waals surface area contributed by atoms with Crippen LogP contribution in [0.15, 0.2) is 85.5 Å². The first-order chi connectivity index (χ1) is 17.3. The Bertz CT molecular complexity index is 1730. The lowest BCUT2D eigenvalue weighted by Gasteiger charge is -2.13. The minimum absolute atomic E-state index is 0.200. The number of para-hydroxylation sites is 1. The number of benzene rings is 3. The maximum Gasteiger partial charge on any atom is 0.344 e. The van der Waals surface area contributed by atoms with Crippen molar-refractivity contribution in [3.05, 3.63) is 92.1 Å². The number of aliphatic carboxylic acids is 1. The monoisotopic (exact) mass is 565 g/mol. The van der Waals surface area contributed by atoms with E-state index in [4.69, 9.17) is 20.8 Å². The molecule has 0 saturated carbocycles. The summed E-state index contributed by atoms with van der Waals surface area (Å²) in [6, 6.07) is 19.0. The van der Waals surface area contributed by atoms with E-state index >= 15 is 0 Å². The molecule has 0 bridgehead atoms. The summed E-state index contributed by atoms with van der Waals surface area (Å²) in [5, 5.41) is 15.2. The van der Waals surface area contributed by atoms with Gasteiger partial charge in [-0.3, -0.25) is 4.79 Å². The molecule has 1 N–H and O–H groups in total. The fourth-order valence-electron chi connectivity index (χ4n) is 3.60. The normalized spacial score (nSPS) is 12.4. The first kappa shape index (κ1) is 23.8. The Hall–Kier alpha value is -3.95. The van der Waals surface area contributed by atoms with Crippen LogP contribution in [0.4, 0.5) is 0 Å². The number of nitrogens with zero attached hydrogens (tertiary/aromatic N) is 3. The lowest BCUT2D eigenvalue weighted by atomic mass is 10.2. The standard InChI is InChI=1S/C26H17BrClN3O5/c1-14(26(33)34)35-22-9-7-18(28)11-16(22)13-29-31-24(30-20-5-3-2-4-19(20)25(31)32)23-12-15-10-17(27)6-8-21(15)36-23/h2-14H,1H3,(H,33,34)/t14-/m1/s1. The van der Waals surface area contributed by atoms with Gasteiger partial charge in [0.1, 0.15) is 11.3 Å². The largest absolute Gasteiger partial charge is 0.479 e. The van der Waals surface area contributed by atoms with Gasteiger partial charge in [0.15, 0.2) is 11.9 Å². The molecule has 1 atom stereocenters. The number of aromatic nitrogens is 2. The lowest BCUT2D eigenvalue weighted by Crippen LogP contribution is -2.23. The lowest BCUT2D eigenvalue weighted by molar-refractivity contribution is -0.144. The molecule has 0 spiro atoms. The predicted octanol–water partition coefficient (Wildman–Crippen LogP) is 5.96. The summed E-state index contributed by atoms with van der Waals surface area (Å²) in [7, 11) is 0. The van der Waals surface area contributed by atoms with Gasteiger partial charge in [0, 0.05) is 20.4 Å². The van der Waals surface area contributed by atoms with Gasteiger partial charge in [0.25, 0.3) is 5.56 Å². The van der Waals surface area contributed by atoms with Gasteiger partial charge in [-0.15, -0.1) is 0 Å². The molecule has 5 rings (SSSR count). The van der Waals surface area contributed by atoms with Gasteiger partial charge in [0.2, 0.25) is 5.82 Å². The molecule has 0 unspecified atom stereocenters. The highest BCUT2D eigenvalue weighted by Crippen LogP contribution is 2.29. The van der Waals surface area contributed by atoms with Gasteiger partial charge < -0.3 is 14.3 Å². The Labute approximate surface area is 217 Å². The van der Waals surface area contributed by atoms with E-state index in [1.54, 1.807) is 48.5 Å². The van der Waals surface area contributed by atoms with Gasteiger partial charge in [-0.2, -0.15) is 9.78 Å². The molecule has 0 aliphatic heterocycles. The molecule has 2 aromatic heterocycles. The topological polar surface area (TPSA) is 107 Å². The Kier molecular flexibility index (Phi) is 6.34. The summed E-state index contributed by atoms with van der Waals surface area (Å²) >= 11 is 9.61. The Balaban J connectivity index is 1.68. The summed E-state index contributed by atoms with van der Waals surface area (Å²) in [5.41, 5.74) is 1.10. The van der Waals surface area contributed by atoms with Gasteiger partial charge in [-0.05, 0) is 61.5 Å². The zero-order valence-electron chi connectivity index (χ0n) is 18.7. The zero-order valence-corrected chi connectivity index (χ0v) is 21.0. The van der Waals surface area contributed by atoms with Crippen molar-refractivity contribution in [2.75, 3.05) is 0 Å². The zero-order chi connectivity index (χ0) is 25.4. The predicted molar refractivity (Wildman–Crippen MR) is 141 cm³/mol. The van der Waals surface area contributed by atoms with Crippen molar-refractivity contribution in [1.82, 2.24) is 9.66 Å². The number of ether oxygens (including phenoxy) is 1. The third-order valence-corrected chi connectivity index (χ3v) is 6.12. The molecule has 10 heteroatoms. The van der Waals surface area contributed by atoms with Crippen molar-refractivity contribution in [2.24, 2.45) is 5.10 Å². The van der Waals surface area contributed by atoms with E-state index in [-0.39, 0.29) is 11.6 Å². The van der Waals surface area contributed by atoms with Crippen LogP contribution in [0, 0.1) is 0 Å². The van der Waals surface area contributed by atoms with E-state index in [2.05, 4.69) is 26.0 Å². The van der Waals surface area contributed by atoms with Crippen molar-refractivity contribution >= 4 is 61.6 Å². The maximum atomic E-state index is 13.5. The molecule has 0 saturated heterocycles. The molecular formula is C26H17BrClN3O5. The average molecular weight is 567 g/mol. The fourth-order valence-corrected chi connectivity index (χ4v) is 4.16. The number of carboxylic acids is 1. The first-order valence-electron chi connectivity index (χ1n) is 10.7. The Morgan fingerprint density at radius 3 is 2.81 bits per heavy atom. The number of fused-ring (bicyclic) bond motifs is 2. The van der Waals surface area contributed by atoms with Crippen molar-refractivity contribution in [3.8, 4) is 17.3 Å². The van der Waals surface area contributed by atoms with E-state index in [1.807, 2.05) is 18.2 Å². The van der Waals surface area contributed by atoms with Crippen LogP contribution in [-0.4, -0.2) is 33.1 Å². The number of halogens is 2. The first-order valence-corrected chi connectivity index (χ1v) is 11.9. The van der Waals surface area contributed by atoms with Crippen molar-refractivity contribution in [2.45, 2.75) is 13.0 Å².